The SMILES string of the molecule is COCC(CN)Nc1ccc(Cl)cn1. The van der Waals surface area contributed by atoms with E-state index in [1.807, 2.05) is 0 Å². The Morgan fingerprint density at radius 2 is 2.43 bits per heavy atom. The molecule has 1 heterocycles. The molecule has 1 unspecified atom stereocenters. The molecule has 1 rings (SSSR count). The molecule has 4 nitrogen and oxygen atoms in total. The molecule has 1 aromatic rings. The Hall–Kier alpha value is -0.840. The molecule has 0 saturated heterocycles. The predicted octanol–water partition coefficient (Wildman–Crippen LogP) is 1.12. The number of nitrogens with zero attached hydrogens (tertiary/aromatic N) is 1. The molecule has 0 aliphatic rings. The smallest absolute Gasteiger partial charge is 0.126 e. The Balaban J connectivity index is 2.53. The largest absolute Gasteiger partial charge is 0.383 e. The Labute approximate surface area is 88.4 Å². The quantitative estimate of drug-likeness (QED) is 0.773. The van der Waals surface area contributed by atoms with Crippen molar-refractivity contribution in [2.24, 2.45) is 5.73 Å². The highest BCUT2D eigenvalue weighted by Crippen LogP contribution is 2.10. The van der Waals surface area contributed by atoms with E-state index in [4.69, 9.17) is 22.1 Å². The molecule has 78 valence electrons. The fourth-order valence-corrected chi connectivity index (χ4v) is 1.15. The van der Waals surface area contributed by atoms with E-state index >= 15 is 0 Å². The Morgan fingerprint density at radius 1 is 1.64 bits per heavy atom. The predicted molar refractivity (Wildman–Crippen MR) is 57.6 cm³/mol. The van der Waals surface area contributed by atoms with Crippen molar-refractivity contribution in [3.8, 4) is 0 Å². The van der Waals surface area contributed by atoms with Gasteiger partial charge in [0.05, 0.1) is 17.7 Å². The maximum Gasteiger partial charge on any atom is 0.126 e. The average molecular weight is 216 g/mol. The van der Waals surface area contributed by atoms with E-state index in [9.17, 15) is 0 Å². The minimum absolute atomic E-state index is 0.0775. The fourth-order valence-electron chi connectivity index (χ4n) is 1.04. The molecule has 0 aromatic carbocycles. The highest BCUT2D eigenvalue weighted by Gasteiger charge is 2.05. The lowest BCUT2D eigenvalue weighted by molar-refractivity contribution is 0.187. The summed E-state index contributed by atoms with van der Waals surface area (Å²) in [4.78, 5) is 4.09. The Morgan fingerprint density at radius 3 is 2.93 bits per heavy atom. The number of hydrogen-bond acceptors (Lipinski definition) is 4. The normalized spacial score (nSPS) is 12.5. The van der Waals surface area contributed by atoms with E-state index in [0.717, 1.165) is 5.82 Å². The molecule has 0 amide bonds. The summed E-state index contributed by atoms with van der Waals surface area (Å²) in [7, 11) is 1.64. The van der Waals surface area contributed by atoms with Crippen LogP contribution < -0.4 is 11.1 Å². The van der Waals surface area contributed by atoms with Crippen LogP contribution in [0.4, 0.5) is 5.82 Å². The summed E-state index contributed by atoms with van der Waals surface area (Å²) >= 11 is 5.70. The van der Waals surface area contributed by atoms with Gasteiger partial charge in [0.2, 0.25) is 0 Å². The molecule has 0 aliphatic heterocycles. The van der Waals surface area contributed by atoms with E-state index in [-0.39, 0.29) is 6.04 Å². The summed E-state index contributed by atoms with van der Waals surface area (Å²) in [6.07, 6.45) is 1.59. The van der Waals surface area contributed by atoms with Crippen LogP contribution in [0.15, 0.2) is 18.3 Å². The van der Waals surface area contributed by atoms with Crippen molar-refractivity contribution < 1.29 is 4.74 Å². The minimum atomic E-state index is 0.0775. The average Bonchev–Trinajstić information content (AvgIpc) is 2.20. The van der Waals surface area contributed by atoms with Gasteiger partial charge in [-0.15, -0.1) is 0 Å². The van der Waals surface area contributed by atoms with Gasteiger partial charge in [0.25, 0.3) is 0 Å². The summed E-state index contributed by atoms with van der Waals surface area (Å²) in [5.41, 5.74) is 5.54. The fraction of sp³-hybridized carbons (Fsp3) is 0.444. The zero-order valence-electron chi connectivity index (χ0n) is 8.03. The van der Waals surface area contributed by atoms with Gasteiger partial charge in [-0.25, -0.2) is 4.98 Å². The molecular weight excluding hydrogens is 202 g/mol. The van der Waals surface area contributed by atoms with Crippen molar-refractivity contribution in [2.45, 2.75) is 6.04 Å². The second kappa shape index (κ2) is 5.80. The van der Waals surface area contributed by atoms with Gasteiger partial charge in [-0.05, 0) is 12.1 Å². The summed E-state index contributed by atoms with van der Waals surface area (Å²) < 4.78 is 4.99. The number of halogens is 1. The van der Waals surface area contributed by atoms with Gasteiger partial charge in [0, 0.05) is 19.9 Å². The third-order valence-electron chi connectivity index (χ3n) is 1.73. The molecule has 3 N–H and O–H groups in total. The molecule has 14 heavy (non-hydrogen) atoms. The maximum atomic E-state index is 5.70. The van der Waals surface area contributed by atoms with Crippen molar-refractivity contribution in [3.05, 3.63) is 23.4 Å². The lowest BCUT2D eigenvalue weighted by Gasteiger charge is -2.15. The van der Waals surface area contributed by atoms with Crippen LogP contribution in [0.3, 0.4) is 0 Å². The van der Waals surface area contributed by atoms with Gasteiger partial charge in [-0.3, -0.25) is 0 Å². The number of nitrogens with two attached hydrogens (primary N) is 1. The van der Waals surface area contributed by atoms with E-state index in [0.29, 0.717) is 18.2 Å². The molecule has 5 heteroatoms. The number of pyridine rings is 1. The number of ether oxygens (including phenoxy) is 1. The van der Waals surface area contributed by atoms with Gasteiger partial charge >= 0.3 is 0 Å². The first-order valence-electron chi connectivity index (χ1n) is 4.33. The van der Waals surface area contributed by atoms with Gasteiger partial charge in [-0.2, -0.15) is 0 Å². The van der Waals surface area contributed by atoms with Crippen LogP contribution >= 0.6 is 11.6 Å². The molecular formula is C9H14ClN3O. The van der Waals surface area contributed by atoms with Crippen LogP contribution in [0.5, 0.6) is 0 Å². The van der Waals surface area contributed by atoms with Crippen LogP contribution in [0.25, 0.3) is 0 Å². The number of aromatic nitrogens is 1. The molecule has 1 atom stereocenters. The molecule has 0 saturated carbocycles. The van der Waals surface area contributed by atoms with Gasteiger partial charge in [0.1, 0.15) is 5.82 Å². The van der Waals surface area contributed by atoms with Crippen LogP contribution in [0, 0.1) is 0 Å². The van der Waals surface area contributed by atoms with Gasteiger partial charge in [-0.1, -0.05) is 11.6 Å². The summed E-state index contributed by atoms with van der Waals surface area (Å²) in [6, 6.07) is 3.66. The van der Waals surface area contributed by atoms with Crippen LogP contribution in [0.1, 0.15) is 0 Å². The van der Waals surface area contributed by atoms with Crippen molar-refractivity contribution in [1.82, 2.24) is 4.98 Å². The van der Waals surface area contributed by atoms with Crippen molar-refractivity contribution in [1.29, 1.82) is 0 Å². The first-order chi connectivity index (χ1) is 6.76. The van der Waals surface area contributed by atoms with E-state index < -0.39 is 0 Å². The monoisotopic (exact) mass is 215 g/mol. The summed E-state index contributed by atoms with van der Waals surface area (Å²) in [5.74, 6) is 0.752. The number of anilines is 1. The zero-order chi connectivity index (χ0) is 10.4. The maximum absolute atomic E-state index is 5.70. The first-order valence-corrected chi connectivity index (χ1v) is 4.71. The second-order valence-corrected chi connectivity index (χ2v) is 3.33. The van der Waals surface area contributed by atoms with E-state index in [1.54, 1.807) is 25.4 Å². The Kier molecular flexibility index (Phi) is 4.65. The zero-order valence-corrected chi connectivity index (χ0v) is 8.79. The second-order valence-electron chi connectivity index (χ2n) is 2.89. The summed E-state index contributed by atoms with van der Waals surface area (Å²) in [6.45, 7) is 1.05. The minimum Gasteiger partial charge on any atom is -0.383 e. The van der Waals surface area contributed by atoms with Crippen molar-refractivity contribution in [3.63, 3.8) is 0 Å². The van der Waals surface area contributed by atoms with Gasteiger partial charge < -0.3 is 15.8 Å². The lowest BCUT2D eigenvalue weighted by Crippen LogP contribution is -2.33. The lowest BCUT2D eigenvalue weighted by atomic mass is 10.3. The highest BCUT2D eigenvalue weighted by molar-refractivity contribution is 6.30. The van der Waals surface area contributed by atoms with Crippen molar-refractivity contribution >= 4 is 17.4 Å². The number of rotatable bonds is 5. The van der Waals surface area contributed by atoms with Crippen LogP contribution in [-0.4, -0.2) is 31.3 Å². The standard InChI is InChI=1S/C9H14ClN3O/c1-14-6-8(4-11)13-9-3-2-7(10)5-12-9/h2-3,5,8H,4,6,11H2,1H3,(H,12,13). The molecule has 0 aliphatic carbocycles. The molecule has 1 aromatic heterocycles. The number of hydrogen-bond donors (Lipinski definition) is 2. The van der Waals surface area contributed by atoms with Crippen LogP contribution in [-0.2, 0) is 4.74 Å². The molecule has 0 fully saturated rings. The molecule has 0 spiro atoms. The third kappa shape index (κ3) is 3.49. The molecule has 0 radical (unpaired) electrons. The Bertz CT molecular complexity index is 265. The van der Waals surface area contributed by atoms with E-state index in [1.165, 1.54) is 0 Å². The summed E-state index contributed by atoms with van der Waals surface area (Å²) in [5, 5.41) is 3.75. The first kappa shape index (κ1) is 11.2. The van der Waals surface area contributed by atoms with Crippen molar-refractivity contribution in [2.75, 3.05) is 25.6 Å². The highest BCUT2D eigenvalue weighted by atomic mass is 35.5. The number of nitrogens with one attached hydrogen (secondary N) is 1. The van der Waals surface area contributed by atoms with E-state index in [2.05, 4.69) is 10.3 Å². The van der Waals surface area contributed by atoms with Gasteiger partial charge in [0.15, 0.2) is 0 Å². The van der Waals surface area contributed by atoms with Crippen LogP contribution in [0.2, 0.25) is 5.02 Å². The molecule has 0 bridgehead atoms. The number of methoxy groups -OCH3 is 1. The topological polar surface area (TPSA) is 60.2 Å². The third-order valence-corrected chi connectivity index (χ3v) is 1.96.